The van der Waals surface area contributed by atoms with Crippen LogP contribution in [0.2, 0.25) is 0 Å². The van der Waals surface area contributed by atoms with Crippen LogP contribution in [0.3, 0.4) is 0 Å². The molecule has 3 atom stereocenters. The lowest BCUT2D eigenvalue weighted by Crippen LogP contribution is -2.53. The number of carboxylic acid groups (broad SMARTS) is 1. The van der Waals surface area contributed by atoms with Crippen molar-refractivity contribution in [1.82, 2.24) is 20.0 Å². The SMILES string of the molecule is COC(=O)[C@@H]1C[C@H](N2C[C@@H]3CN(C(=O)O)CCN3C2=O)CN1. The number of carbonyl (C=O) groups is 3. The Bertz CT molecular complexity index is 499. The largest absolute Gasteiger partial charge is 0.468 e. The highest BCUT2D eigenvalue weighted by atomic mass is 16.5. The summed E-state index contributed by atoms with van der Waals surface area (Å²) in [5.74, 6) is -0.316. The topological polar surface area (TPSA) is 102 Å². The third-order valence-electron chi connectivity index (χ3n) is 4.69. The number of hydrogen-bond acceptors (Lipinski definition) is 5. The lowest BCUT2D eigenvalue weighted by molar-refractivity contribution is -0.142. The number of fused-ring (bicyclic) bond motifs is 1. The molecule has 0 bridgehead atoms. The van der Waals surface area contributed by atoms with Crippen molar-refractivity contribution in [3.05, 3.63) is 0 Å². The van der Waals surface area contributed by atoms with Gasteiger partial charge in [0.1, 0.15) is 6.04 Å². The van der Waals surface area contributed by atoms with Crippen LogP contribution in [-0.4, -0.2) is 95.9 Å². The van der Waals surface area contributed by atoms with Crippen LogP contribution < -0.4 is 5.32 Å². The van der Waals surface area contributed by atoms with Crippen molar-refractivity contribution in [1.29, 1.82) is 0 Å². The Morgan fingerprint density at radius 2 is 2.00 bits per heavy atom. The molecule has 3 rings (SSSR count). The van der Waals surface area contributed by atoms with Gasteiger partial charge in [0.05, 0.1) is 13.2 Å². The molecule has 0 aromatic carbocycles. The summed E-state index contributed by atoms with van der Waals surface area (Å²) < 4.78 is 4.72. The standard InChI is InChI=1S/C13H20N4O5/c1-22-11(18)10-4-8(5-14-10)17-7-9-6-15(13(20)21)2-3-16(9)12(17)19/h8-10,14H,2-7H2,1H3,(H,20,21)/t8-,9-,10-/m0/s1. The van der Waals surface area contributed by atoms with E-state index in [2.05, 4.69) is 5.32 Å². The summed E-state index contributed by atoms with van der Waals surface area (Å²) in [7, 11) is 1.35. The first-order valence-electron chi connectivity index (χ1n) is 7.37. The van der Waals surface area contributed by atoms with Crippen LogP contribution in [0, 0.1) is 0 Å². The second-order valence-electron chi connectivity index (χ2n) is 5.88. The Kier molecular flexibility index (Phi) is 3.81. The van der Waals surface area contributed by atoms with Crippen molar-refractivity contribution in [2.24, 2.45) is 0 Å². The Balaban J connectivity index is 1.64. The van der Waals surface area contributed by atoms with Gasteiger partial charge in [-0.3, -0.25) is 4.79 Å². The zero-order valence-electron chi connectivity index (χ0n) is 12.4. The summed E-state index contributed by atoms with van der Waals surface area (Å²) in [5, 5.41) is 12.1. The highest BCUT2D eigenvalue weighted by Gasteiger charge is 2.46. The molecule has 0 aliphatic carbocycles. The first kappa shape index (κ1) is 14.9. The number of urea groups is 1. The maximum Gasteiger partial charge on any atom is 0.407 e. The van der Waals surface area contributed by atoms with E-state index in [9.17, 15) is 14.4 Å². The van der Waals surface area contributed by atoms with Crippen LogP contribution in [0.4, 0.5) is 9.59 Å². The van der Waals surface area contributed by atoms with E-state index in [0.29, 0.717) is 39.1 Å². The second-order valence-corrected chi connectivity index (χ2v) is 5.88. The van der Waals surface area contributed by atoms with E-state index < -0.39 is 6.09 Å². The van der Waals surface area contributed by atoms with Gasteiger partial charge in [0.15, 0.2) is 0 Å². The number of nitrogens with one attached hydrogen (secondary N) is 1. The Labute approximate surface area is 127 Å². The Morgan fingerprint density at radius 1 is 1.23 bits per heavy atom. The summed E-state index contributed by atoms with van der Waals surface area (Å²) in [5.41, 5.74) is 0. The van der Waals surface area contributed by atoms with E-state index in [1.54, 1.807) is 9.80 Å². The molecule has 0 unspecified atom stereocenters. The van der Waals surface area contributed by atoms with Gasteiger partial charge in [0, 0.05) is 38.8 Å². The van der Waals surface area contributed by atoms with Gasteiger partial charge in [0.2, 0.25) is 0 Å². The van der Waals surface area contributed by atoms with E-state index in [1.807, 2.05) is 0 Å². The van der Waals surface area contributed by atoms with E-state index in [1.165, 1.54) is 12.0 Å². The average molecular weight is 312 g/mol. The van der Waals surface area contributed by atoms with E-state index in [-0.39, 0.29) is 30.1 Å². The predicted molar refractivity (Wildman–Crippen MR) is 74.4 cm³/mol. The Hall–Kier alpha value is -2.03. The molecule has 3 saturated heterocycles. The number of ether oxygens (including phenoxy) is 1. The van der Waals surface area contributed by atoms with Gasteiger partial charge in [-0.25, -0.2) is 9.59 Å². The van der Waals surface area contributed by atoms with Crippen molar-refractivity contribution in [3.63, 3.8) is 0 Å². The fourth-order valence-corrected chi connectivity index (χ4v) is 3.49. The number of carbonyl (C=O) groups excluding carboxylic acids is 2. The molecule has 0 aromatic rings. The molecule has 2 N–H and O–H groups in total. The van der Waals surface area contributed by atoms with Gasteiger partial charge in [-0.05, 0) is 6.42 Å². The maximum atomic E-state index is 12.5. The van der Waals surface area contributed by atoms with Crippen LogP contribution >= 0.6 is 0 Å². The van der Waals surface area contributed by atoms with Crippen molar-refractivity contribution in [3.8, 4) is 0 Å². The molecule has 3 amide bonds. The van der Waals surface area contributed by atoms with Gasteiger partial charge in [-0.2, -0.15) is 0 Å². The third kappa shape index (κ3) is 2.45. The number of amides is 3. The zero-order valence-corrected chi connectivity index (χ0v) is 12.4. The molecule has 9 nitrogen and oxygen atoms in total. The fourth-order valence-electron chi connectivity index (χ4n) is 3.49. The number of methoxy groups -OCH3 is 1. The molecule has 0 saturated carbocycles. The number of rotatable bonds is 2. The number of esters is 1. The first-order chi connectivity index (χ1) is 10.5. The van der Waals surface area contributed by atoms with E-state index in [0.717, 1.165) is 0 Å². The van der Waals surface area contributed by atoms with Gasteiger partial charge >= 0.3 is 18.1 Å². The van der Waals surface area contributed by atoms with Crippen LogP contribution in [0.5, 0.6) is 0 Å². The molecule has 122 valence electrons. The molecule has 3 aliphatic heterocycles. The summed E-state index contributed by atoms with van der Waals surface area (Å²) in [4.78, 5) is 40.0. The van der Waals surface area contributed by atoms with E-state index >= 15 is 0 Å². The predicted octanol–water partition coefficient (Wildman–Crippen LogP) is -1.01. The van der Waals surface area contributed by atoms with Crippen LogP contribution in [-0.2, 0) is 9.53 Å². The molecule has 22 heavy (non-hydrogen) atoms. The molecule has 0 spiro atoms. The quantitative estimate of drug-likeness (QED) is 0.633. The average Bonchev–Trinajstić information content (AvgIpc) is 3.11. The first-order valence-corrected chi connectivity index (χ1v) is 7.37. The normalized spacial score (nSPS) is 31.4. The number of hydrogen-bond donors (Lipinski definition) is 2. The third-order valence-corrected chi connectivity index (χ3v) is 4.69. The number of nitrogens with zero attached hydrogens (tertiary/aromatic N) is 3. The van der Waals surface area contributed by atoms with Gasteiger partial charge in [-0.1, -0.05) is 0 Å². The fraction of sp³-hybridized carbons (Fsp3) is 0.769. The molecule has 3 aliphatic rings. The van der Waals surface area contributed by atoms with Crippen LogP contribution in [0.25, 0.3) is 0 Å². The lowest BCUT2D eigenvalue weighted by Gasteiger charge is -2.34. The smallest absolute Gasteiger partial charge is 0.407 e. The van der Waals surface area contributed by atoms with Crippen molar-refractivity contribution in [2.45, 2.75) is 24.5 Å². The molecular weight excluding hydrogens is 292 g/mol. The zero-order chi connectivity index (χ0) is 15.9. The van der Waals surface area contributed by atoms with Crippen LogP contribution in [0.15, 0.2) is 0 Å². The monoisotopic (exact) mass is 312 g/mol. The van der Waals surface area contributed by atoms with Crippen molar-refractivity contribution >= 4 is 18.1 Å². The van der Waals surface area contributed by atoms with Gasteiger partial charge < -0.3 is 29.9 Å². The minimum Gasteiger partial charge on any atom is -0.468 e. The highest BCUT2D eigenvalue weighted by molar-refractivity contribution is 5.79. The Morgan fingerprint density at radius 3 is 2.68 bits per heavy atom. The summed E-state index contributed by atoms with van der Waals surface area (Å²) in [6.07, 6.45) is -0.416. The second kappa shape index (κ2) is 5.64. The number of piperazine rings is 1. The lowest BCUT2D eigenvalue weighted by atomic mass is 10.1. The maximum absolute atomic E-state index is 12.5. The molecule has 0 aromatic heterocycles. The van der Waals surface area contributed by atoms with Crippen molar-refractivity contribution < 1.29 is 24.2 Å². The molecular formula is C13H20N4O5. The summed E-state index contributed by atoms with van der Waals surface area (Å²) in [6, 6.07) is -0.599. The molecule has 3 fully saturated rings. The summed E-state index contributed by atoms with van der Waals surface area (Å²) in [6.45, 7) is 2.17. The van der Waals surface area contributed by atoms with Crippen LogP contribution in [0.1, 0.15) is 6.42 Å². The minimum atomic E-state index is -0.946. The van der Waals surface area contributed by atoms with Gasteiger partial charge in [-0.15, -0.1) is 0 Å². The molecule has 9 heteroatoms. The highest BCUT2D eigenvalue weighted by Crippen LogP contribution is 2.26. The summed E-state index contributed by atoms with van der Waals surface area (Å²) >= 11 is 0. The van der Waals surface area contributed by atoms with Gasteiger partial charge in [0.25, 0.3) is 0 Å². The van der Waals surface area contributed by atoms with E-state index in [4.69, 9.17) is 9.84 Å². The minimum absolute atomic E-state index is 0.0551. The molecule has 3 heterocycles. The van der Waals surface area contributed by atoms with Crippen molar-refractivity contribution in [2.75, 3.05) is 39.8 Å². The molecule has 0 radical (unpaired) electrons.